The fourth-order valence-corrected chi connectivity index (χ4v) is 1.04. The third kappa shape index (κ3) is 1.78. The van der Waals surface area contributed by atoms with Crippen molar-refractivity contribution in [2.24, 2.45) is 5.73 Å². The number of aromatic hydroxyl groups is 1. The zero-order valence-corrected chi connectivity index (χ0v) is 6.80. The van der Waals surface area contributed by atoms with Gasteiger partial charge in [0.2, 0.25) is 0 Å². The van der Waals surface area contributed by atoms with Crippen LogP contribution >= 0.6 is 0 Å². The fraction of sp³-hybridized carbons (Fsp3) is 0.125. The van der Waals surface area contributed by atoms with Crippen molar-refractivity contribution in [1.29, 1.82) is 0 Å². The lowest BCUT2D eigenvalue weighted by Crippen LogP contribution is -2.18. The molecular formula is C8H6F3NO2. The molecule has 0 aromatic heterocycles. The molecule has 6 heteroatoms. The van der Waals surface area contributed by atoms with Gasteiger partial charge in [0, 0.05) is 0 Å². The van der Waals surface area contributed by atoms with Crippen LogP contribution in [0, 0.1) is 0 Å². The van der Waals surface area contributed by atoms with Gasteiger partial charge in [-0.25, -0.2) is 0 Å². The molecular weight excluding hydrogens is 199 g/mol. The highest BCUT2D eigenvalue weighted by molar-refractivity contribution is 5.97. The van der Waals surface area contributed by atoms with Gasteiger partial charge in [-0.05, 0) is 12.1 Å². The first-order chi connectivity index (χ1) is 6.34. The molecule has 0 saturated carbocycles. The minimum Gasteiger partial charge on any atom is -0.507 e. The summed E-state index contributed by atoms with van der Waals surface area (Å²) in [4.78, 5) is 10.7. The molecule has 1 aromatic rings. The van der Waals surface area contributed by atoms with Crippen molar-refractivity contribution in [3.8, 4) is 5.75 Å². The van der Waals surface area contributed by atoms with Crippen LogP contribution in [0.3, 0.4) is 0 Å². The first-order valence-corrected chi connectivity index (χ1v) is 3.53. The molecule has 0 spiro atoms. The monoisotopic (exact) mass is 205 g/mol. The number of hydrogen-bond donors (Lipinski definition) is 2. The van der Waals surface area contributed by atoms with Gasteiger partial charge >= 0.3 is 6.18 Å². The summed E-state index contributed by atoms with van der Waals surface area (Å²) in [5, 5.41) is 9.02. The standard InChI is InChI=1S/C8H6F3NO2/c9-8(10,11)4-2-1-3-5(13)6(4)7(12)14/h1-3,13H,(H2,12,14). The largest absolute Gasteiger partial charge is 0.507 e. The first kappa shape index (κ1) is 10.4. The highest BCUT2D eigenvalue weighted by Gasteiger charge is 2.35. The van der Waals surface area contributed by atoms with E-state index in [1.165, 1.54) is 0 Å². The van der Waals surface area contributed by atoms with Crippen molar-refractivity contribution in [1.82, 2.24) is 0 Å². The molecule has 1 aromatic carbocycles. The SMILES string of the molecule is NC(=O)c1c(O)cccc1C(F)(F)F. The molecule has 76 valence electrons. The van der Waals surface area contributed by atoms with Crippen molar-refractivity contribution in [3.05, 3.63) is 29.3 Å². The predicted molar refractivity (Wildman–Crippen MR) is 41.6 cm³/mol. The van der Waals surface area contributed by atoms with E-state index in [0.717, 1.165) is 12.1 Å². The van der Waals surface area contributed by atoms with E-state index in [-0.39, 0.29) is 0 Å². The van der Waals surface area contributed by atoms with Crippen LogP contribution in [-0.2, 0) is 6.18 Å². The van der Waals surface area contributed by atoms with Gasteiger partial charge < -0.3 is 10.8 Å². The van der Waals surface area contributed by atoms with Gasteiger partial charge in [-0.1, -0.05) is 6.07 Å². The Morgan fingerprint density at radius 3 is 2.29 bits per heavy atom. The Balaban J connectivity index is 3.44. The zero-order valence-electron chi connectivity index (χ0n) is 6.80. The number of halogens is 3. The molecule has 0 fully saturated rings. The topological polar surface area (TPSA) is 63.3 Å². The van der Waals surface area contributed by atoms with Crippen LogP contribution in [-0.4, -0.2) is 11.0 Å². The van der Waals surface area contributed by atoms with E-state index < -0.39 is 29.0 Å². The summed E-state index contributed by atoms with van der Waals surface area (Å²) in [7, 11) is 0. The van der Waals surface area contributed by atoms with Gasteiger partial charge in [0.1, 0.15) is 5.75 Å². The fourth-order valence-electron chi connectivity index (χ4n) is 1.04. The van der Waals surface area contributed by atoms with E-state index in [2.05, 4.69) is 0 Å². The minimum absolute atomic E-state index is 0.680. The normalized spacial score (nSPS) is 11.4. The smallest absolute Gasteiger partial charge is 0.417 e. The Morgan fingerprint density at radius 1 is 1.36 bits per heavy atom. The molecule has 0 radical (unpaired) electrons. The van der Waals surface area contributed by atoms with Crippen LogP contribution in [0.5, 0.6) is 5.75 Å². The minimum atomic E-state index is -4.71. The van der Waals surface area contributed by atoms with Crippen LogP contribution in [0.25, 0.3) is 0 Å². The molecule has 0 aliphatic carbocycles. The number of carbonyl (C=O) groups is 1. The molecule has 14 heavy (non-hydrogen) atoms. The number of alkyl halides is 3. The van der Waals surface area contributed by atoms with E-state index >= 15 is 0 Å². The second kappa shape index (κ2) is 3.21. The Kier molecular flexibility index (Phi) is 2.37. The maximum atomic E-state index is 12.3. The zero-order chi connectivity index (χ0) is 10.9. The number of nitrogens with two attached hydrogens (primary N) is 1. The molecule has 0 saturated heterocycles. The summed E-state index contributed by atoms with van der Waals surface area (Å²) < 4.78 is 36.8. The third-order valence-corrected chi connectivity index (χ3v) is 1.59. The average molecular weight is 205 g/mol. The maximum Gasteiger partial charge on any atom is 0.417 e. The highest BCUT2D eigenvalue weighted by atomic mass is 19.4. The van der Waals surface area contributed by atoms with E-state index in [9.17, 15) is 18.0 Å². The molecule has 0 atom stereocenters. The first-order valence-electron chi connectivity index (χ1n) is 3.53. The molecule has 0 unspecified atom stereocenters. The summed E-state index contributed by atoms with van der Waals surface area (Å²) >= 11 is 0. The van der Waals surface area contributed by atoms with Crippen LogP contribution in [0.2, 0.25) is 0 Å². The van der Waals surface area contributed by atoms with E-state index in [1.807, 2.05) is 0 Å². The quantitative estimate of drug-likeness (QED) is 0.729. The lowest BCUT2D eigenvalue weighted by Gasteiger charge is -2.11. The summed E-state index contributed by atoms with van der Waals surface area (Å²) in [5.41, 5.74) is 2.58. The number of hydrogen-bond acceptors (Lipinski definition) is 2. The van der Waals surface area contributed by atoms with Gasteiger partial charge in [-0.3, -0.25) is 4.79 Å². The maximum absolute atomic E-state index is 12.3. The predicted octanol–water partition coefficient (Wildman–Crippen LogP) is 1.51. The molecule has 1 amide bonds. The molecule has 0 aliphatic heterocycles. The van der Waals surface area contributed by atoms with Gasteiger partial charge in [0.25, 0.3) is 5.91 Å². The lowest BCUT2D eigenvalue weighted by atomic mass is 10.1. The number of phenols is 1. The Hall–Kier alpha value is -1.72. The summed E-state index contributed by atoms with van der Waals surface area (Å²) in [6, 6.07) is 2.64. The number of primary amides is 1. The Bertz CT molecular complexity index is 373. The van der Waals surface area contributed by atoms with Crippen LogP contribution < -0.4 is 5.73 Å². The van der Waals surface area contributed by atoms with Crippen molar-refractivity contribution < 1.29 is 23.1 Å². The van der Waals surface area contributed by atoms with Crippen molar-refractivity contribution in [2.75, 3.05) is 0 Å². The molecule has 1 rings (SSSR count). The van der Waals surface area contributed by atoms with E-state index in [4.69, 9.17) is 10.8 Å². The number of rotatable bonds is 1. The van der Waals surface area contributed by atoms with Crippen molar-refractivity contribution in [3.63, 3.8) is 0 Å². The highest BCUT2D eigenvalue weighted by Crippen LogP contribution is 2.35. The summed E-state index contributed by atoms with van der Waals surface area (Å²) in [6.45, 7) is 0. The van der Waals surface area contributed by atoms with Crippen LogP contribution in [0.1, 0.15) is 15.9 Å². The molecule has 0 aliphatic rings. The van der Waals surface area contributed by atoms with Crippen molar-refractivity contribution >= 4 is 5.91 Å². The number of benzene rings is 1. The van der Waals surface area contributed by atoms with Crippen LogP contribution in [0.4, 0.5) is 13.2 Å². The second-order valence-electron chi connectivity index (χ2n) is 2.56. The van der Waals surface area contributed by atoms with E-state index in [1.54, 1.807) is 0 Å². The van der Waals surface area contributed by atoms with Gasteiger partial charge in [0.05, 0.1) is 11.1 Å². The third-order valence-electron chi connectivity index (χ3n) is 1.59. The Labute approximate surface area is 77.0 Å². The second-order valence-corrected chi connectivity index (χ2v) is 2.56. The lowest BCUT2D eigenvalue weighted by molar-refractivity contribution is -0.138. The number of carbonyl (C=O) groups excluding carboxylic acids is 1. The van der Waals surface area contributed by atoms with Gasteiger partial charge in [-0.2, -0.15) is 13.2 Å². The van der Waals surface area contributed by atoms with E-state index in [0.29, 0.717) is 6.07 Å². The summed E-state index contributed by atoms with van der Waals surface area (Å²) in [6.07, 6.45) is -4.71. The average Bonchev–Trinajstić information content (AvgIpc) is 2.01. The number of amides is 1. The van der Waals surface area contributed by atoms with Crippen molar-refractivity contribution in [2.45, 2.75) is 6.18 Å². The Morgan fingerprint density at radius 2 is 1.93 bits per heavy atom. The van der Waals surface area contributed by atoms with Gasteiger partial charge in [-0.15, -0.1) is 0 Å². The molecule has 0 bridgehead atoms. The van der Waals surface area contributed by atoms with Crippen LogP contribution in [0.15, 0.2) is 18.2 Å². The molecule has 3 nitrogen and oxygen atoms in total. The van der Waals surface area contributed by atoms with Gasteiger partial charge in [0.15, 0.2) is 0 Å². The summed E-state index contributed by atoms with van der Waals surface area (Å²) in [5.74, 6) is -2.08. The molecule has 3 N–H and O–H groups in total. The molecule has 0 heterocycles.